The molecule has 110 valence electrons. The summed E-state index contributed by atoms with van der Waals surface area (Å²) >= 11 is 0. The van der Waals surface area contributed by atoms with E-state index in [4.69, 9.17) is 10.8 Å². The Bertz CT molecular complexity index is 465. The maximum Gasteiger partial charge on any atom is 0.148 e. The van der Waals surface area contributed by atoms with E-state index in [9.17, 15) is 0 Å². The Morgan fingerprint density at radius 1 is 1.15 bits per heavy atom. The van der Waals surface area contributed by atoms with Gasteiger partial charge in [-0.05, 0) is 44.4 Å². The zero-order chi connectivity index (χ0) is 14.1. The van der Waals surface area contributed by atoms with Crippen LogP contribution in [-0.2, 0) is 6.42 Å². The van der Waals surface area contributed by atoms with E-state index >= 15 is 0 Å². The highest BCUT2D eigenvalue weighted by atomic mass is 15.3. The van der Waals surface area contributed by atoms with Crippen molar-refractivity contribution in [3.05, 3.63) is 11.4 Å². The second kappa shape index (κ2) is 5.56. The maximum atomic E-state index is 5.61. The van der Waals surface area contributed by atoms with Crippen molar-refractivity contribution in [1.29, 1.82) is 0 Å². The van der Waals surface area contributed by atoms with Gasteiger partial charge in [-0.2, -0.15) is 0 Å². The molecule has 2 aliphatic carbocycles. The molecule has 5 heteroatoms. The van der Waals surface area contributed by atoms with E-state index in [1.54, 1.807) is 0 Å². The highest BCUT2D eigenvalue weighted by Crippen LogP contribution is 2.36. The summed E-state index contributed by atoms with van der Waals surface area (Å²) in [4.78, 5) is 11.7. The number of rotatable bonds is 7. The second-order valence-corrected chi connectivity index (χ2v) is 6.23. The van der Waals surface area contributed by atoms with Gasteiger partial charge in [-0.25, -0.2) is 15.8 Å². The van der Waals surface area contributed by atoms with Crippen LogP contribution < -0.4 is 16.2 Å². The van der Waals surface area contributed by atoms with Crippen molar-refractivity contribution >= 4 is 11.6 Å². The van der Waals surface area contributed by atoms with Gasteiger partial charge in [0.25, 0.3) is 0 Å². The first-order chi connectivity index (χ1) is 9.71. The molecule has 3 N–H and O–H groups in total. The van der Waals surface area contributed by atoms with Gasteiger partial charge in [-0.3, -0.25) is 0 Å². The number of hydrazine groups is 1. The predicted molar refractivity (Wildman–Crippen MR) is 81.6 cm³/mol. The summed E-state index contributed by atoms with van der Waals surface area (Å²) in [6.07, 6.45) is 6.31. The lowest BCUT2D eigenvalue weighted by molar-refractivity contribution is 0.665. The standard InChI is InChI=1S/C15H25N5/c1-3-13-17-14(19-16)10(2)15(18-13)20(8-11-4-5-11)9-12-6-7-12/h11-12H,3-9,16H2,1-2H3,(H,17,18,19). The van der Waals surface area contributed by atoms with Crippen molar-refractivity contribution in [2.75, 3.05) is 23.4 Å². The monoisotopic (exact) mass is 275 g/mol. The molecule has 0 amide bonds. The Balaban J connectivity index is 1.89. The maximum absolute atomic E-state index is 5.61. The van der Waals surface area contributed by atoms with Crippen molar-refractivity contribution in [3.63, 3.8) is 0 Å². The van der Waals surface area contributed by atoms with Crippen molar-refractivity contribution in [3.8, 4) is 0 Å². The Hall–Kier alpha value is -1.36. The first-order valence-corrected chi connectivity index (χ1v) is 7.80. The molecule has 0 atom stereocenters. The zero-order valence-electron chi connectivity index (χ0n) is 12.5. The van der Waals surface area contributed by atoms with E-state index in [0.717, 1.165) is 54.4 Å². The van der Waals surface area contributed by atoms with Crippen LogP contribution in [0.5, 0.6) is 0 Å². The van der Waals surface area contributed by atoms with Crippen LogP contribution in [0.3, 0.4) is 0 Å². The van der Waals surface area contributed by atoms with Crippen LogP contribution in [0.15, 0.2) is 0 Å². The summed E-state index contributed by atoms with van der Waals surface area (Å²) in [7, 11) is 0. The number of nitrogen functional groups attached to an aromatic ring is 1. The number of hydrogen-bond donors (Lipinski definition) is 2. The van der Waals surface area contributed by atoms with Crippen LogP contribution in [0.1, 0.15) is 44.0 Å². The van der Waals surface area contributed by atoms with Crippen LogP contribution >= 0.6 is 0 Å². The molecule has 2 saturated carbocycles. The van der Waals surface area contributed by atoms with Gasteiger partial charge in [0.15, 0.2) is 0 Å². The number of aromatic nitrogens is 2. The Kier molecular flexibility index (Phi) is 3.78. The molecule has 0 bridgehead atoms. The van der Waals surface area contributed by atoms with Gasteiger partial charge in [0.2, 0.25) is 0 Å². The van der Waals surface area contributed by atoms with Gasteiger partial charge < -0.3 is 10.3 Å². The Morgan fingerprint density at radius 3 is 2.20 bits per heavy atom. The fourth-order valence-corrected chi connectivity index (χ4v) is 2.63. The molecule has 0 aliphatic heterocycles. The van der Waals surface area contributed by atoms with Crippen molar-refractivity contribution in [2.45, 2.75) is 46.0 Å². The highest BCUT2D eigenvalue weighted by Gasteiger charge is 2.31. The fraction of sp³-hybridized carbons (Fsp3) is 0.733. The third-order valence-electron chi connectivity index (χ3n) is 4.27. The molecule has 3 rings (SSSR count). The lowest BCUT2D eigenvalue weighted by Crippen LogP contribution is -2.30. The molecule has 0 unspecified atom stereocenters. The minimum atomic E-state index is 0.767. The Labute approximate surface area is 120 Å². The zero-order valence-corrected chi connectivity index (χ0v) is 12.5. The molecule has 1 aromatic heterocycles. The summed E-state index contributed by atoms with van der Waals surface area (Å²) in [5.74, 6) is 10.1. The van der Waals surface area contributed by atoms with E-state index in [2.05, 4.69) is 29.2 Å². The molecule has 1 aromatic rings. The molecule has 20 heavy (non-hydrogen) atoms. The van der Waals surface area contributed by atoms with Gasteiger partial charge in [0.1, 0.15) is 17.5 Å². The lowest BCUT2D eigenvalue weighted by Gasteiger charge is -2.26. The van der Waals surface area contributed by atoms with Crippen LogP contribution in [0.2, 0.25) is 0 Å². The largest absolute Gasteiger partial charge is 0.356 e. The number of nitrogens with two attached hydrogens (primary N) is 1. The van der Waals surface area contributed by atoms with Crippen molar-refractivity contribution < 1.29 is 0 Å². The van der Waals surface area contributed by atoms with Crippen LogP contribution in [0, 0.1) is 18.8 Å². The fourth-order valence-electron chi connectivity index (χ4n) is 2.63. The molecular formula is C15H25N5. The topological polar surface area (TPSA) is 67.1 Å². The van der Waals surface area contributed by atoms with Crippen LogP contribution in [-0.4, -0.2) is 23.1 Å². The van der Waals surface area contributed by atoms with E-state index in [1.165, 1.54) is 25.7 Å². The average Bonchev–Trinajstić information content (AvgIpc) is 3.34. The molecule has 2 fully saturated rings. The number of anilines is 2. The normalized spacial score (nSPS) is 18.1. The van der Waals surface area contributed by atoms with Gasteiger partial charge in [-0.15, -0.1) is 0 Å². The third-order valence-corrected chi connectivity index (χ3v) is 4.27. The number of nitrogens with zero attached hydrogens (tertiary/aromatic N) is 3. The number of hydrogen-bond acceptors (Lipinski definition) is 5. The molecular weight excluding hydrogens is 250 g/mol. The highest BCUT2D eigenvalue weighted by molar-refractivity contribution is 5.58. The van der Waals surface area contributed by atoms with E-state index in [-0.39, 0.29) is 0 Å². The molecule has 2 aliphatic rings. The lowest BCUT2D eigenvalue weighted by atomic mass is 10.2. The minimum Gasteiger partial charge on any atom is -0.356 e. The van der Waals surface area contributed by atoms with Gasteiger partial charge in [-0.1, -0.05) is 6.92 Å². The summed E-state index contributed by atoms with van der Waals surface area (Å²) in [6, 6.07) is 0. The minimum absolute atomic E-state index is 0.767. The third kappa shape index (κ3) is 3.03. The first-order valence-electron chi connectivity index (χ1n) is 7.80. The molecule has 0 spiro atoms. The van der Waals surface area contributed by atoms with E-state index in [0.29, 0.717) is 0 Å². The Morgan fingerprint density at radius 2 is 1.75 bits per heavy atom. The van der Waals surface area contributed by atoms with Gasteiger partial charge >= 0.3 is 0 Å². The summed E-state index contributed by atoms with van der Waals surface area (Å²) in [6.45, 7) is 6.43. The van der Waals surface area contributed by atoms with Crippen molar-refractivity contribution in [1.82, 2.24) is 9.97 Å². The van der Waals surface area contributed by atoms with E-state index in [1.807, 2.05) is 0 Å². The molecule has 0 saturated heterocycles. The SMILES string of the molecule is CCc1nc(NN)c(C)c(N(CC2CC2)CC2CC2)n1. The van der Waals surface area contributed by atoms with Gasteiger partial charge in [0.05, 0.1) is 0 Å². The second-order valence-electron chi connectivity index (χ2n) is 6.23. The summed E-state index contributed by atoms with van der Waals surface area (Å²) in [5.41, 5.74) is 3.80. The van der Waals surface area contributed by atoms with E-state index < -0.39 is 0 Å². The predicted octanol–water partition coefficient (Wildman–Crippen LogP) is 2.26. The van der Waals surface area contributed by atoms with Crippen molar-refractivity contribution in [2.24, 2.45) is 17.7 Å². The molecule has 0 aromatic carbocycles. The molecule has 5 nitrogen and oxygen atoms in total. The molecule has 1 heterocycles. The number of nitrogens with one attached hydrogen (secondary N) is 1. The van der Waals surface area contributed by atoms with Crippen LogP contribution in [0.25, 0.3) is 0 Å². The van der Waals surface area contributed by atoms with Crippen LogP contribution in [0.4, 0.5) is 11.6 Å². The first kappa shape index (κ1) is 13.6. The average molecular weight is 275 g/mol. The van der Waals surface area contributed by atoms with Gasteiger partial charge in [0, 0.05) is 25.1 Å². The summed E-state index contributed by atoms with van der Waals surface area (Å²) < 4.78 is 0. The molecule has 0 radical (unpaired) electrons. The summed E-state index contributed by atoms with van der Waals surface area (Å²) in [5, 5.41) is 0. The quantitative estimate of drug-likeness (QED) is 0.590. The number of aryl methyl sites for hydroxylation is 1. The smallest absolute Gasteiger partial charge is 0.148 e.